The summed E-state index contributed by atoms with van der Waals surface area (Å²) in [5, 5.41) is 11.7. The lowest BCUT2D eigenvalue weighted by molar-refractivity contribution is -0.141. The van der Waals surface area contributed by atoms with Crippen LogP contribution in [0.2, 0.25) is 0 Å². The second kappa shape index (κ2) is 9.09. The SMILES string of the molecule is CCCOCCC(=O)N[C@H](Cc1ccccc1)C(=O)O. The molecule has 0 aliphatic heterocycles. The zero-order valence-corrected chi connectivity index (χ0v) is 11.7. The van der Waals surface area contributed by atoms with Gasteiger partial charge in [-0.3, -0.25) is 4.79 Å². The van der Waals surface area contributed by atoms with E-state index in [0.717, 1.165) is 12.0 Å². The molecular weight excluding hydrogens is 258 g/mol. The number of carbonyl (C=O) groups excluding carboxylic acids is 1. The largest absolute Gasteiger partial charge is 0.480 e. The summed E-state index contributed by atoms with van der Waals surface area (Å²) in [5.41, 5.74) is 0.877. The first-order valence-corrected chi connectivity index (χ1v) is 6.77. The van der Waals surface area contributed by atoms with E-state index in [0.29, 0.717) is 13.2 Å². The van der Waals surface area contributed by atoms with Crippen molar-refractivity contribution in [3.05, 3.63) is 35.9 Å². The van der Waals surface area contributed by atoms with Crippen LogP contribution in [-0.2, 0) is 20.7 Å². The Morgan fingerprint density at radius 2 is 1.95 bits per heavy atom. The number of carboxylic acid groups (broad SMARTS) is 1. The lowest BCUT2D eigenvalue weighted by Gasteiger charge is -2.14. The molecule has 0 radical (unpaired) electrons. The van der Waals surface area contributed by atoms with Gasteiger partial charge in [0, 0.05) is 19.4 Å². The quantitative estimate of drug-likeness (QED) is 0.673. The Bertz CT molecular complexity index is 419. The number of benzene rings is 1. The Morgan fingerprint density at radius 3 is 2.55 bits per heavy atom. The van der Waals surface area contributed by atoms with Crippen molar-refractivity contribution >= 4 is 11.9 Å². The third-order valence-electron chi connectivity index (χ3n) is 2.74. The highest BCUT2D eigenvalue weighted by Gasteiger charge is 2.19. The summed E-state index contributed by atoms with van der Waals surface area (Å²) in [6.07, 6.45) is 1.35. The molecule has 110 valence electrons. The summed E-state index contributed by atoms with van der Waals surface area (Å²) < 4.78 is 5.21. The average molecular weight is 279 g/mol. The molecule has 0 saturated carbocycles. The highest BCUT2D eigenvalue weighted by atomic mass is 16.5. The van der Waals surface area contributed by atoms with Gasteiger partial charge in [-0.1, -0.05) is 37.3 Å². The molecular formula is C15H21NO4. The predicted molar refractivity (Wildman–Crippen MR) is 75.4 cm³/mol. The minimum absolute atomic E-state index is 0.179. The Labute approximate surface area is 118 Å². The predicted octanol–water partition coefficient (Wildman–Crippen LogP) is 1.62. The van der Waals surface area contributed by atoms with E-state index >= 15 is 0 Å². The standard InChI is InChI=1S/C15H21NO4/c1-2-9-20-10-8-14(17)16-13(15(18)19)11-12-6-4-3-5-7-12/h3-7,13H,2,8-11H2,1H3,(H,16,17)(H,18,19)/t13-/m1/s1. The molecule has 0 heterocycles. The Morgan fingerprint density at radius 1 is 1.25 bits per heavy atom. The lowest BCUT2D eigenvalue weighted by atomic mass is 10.1. The molecule has 0 aromatic heterocycles. The fourth-order valence-electron chi connectivity index (χ4n) is 1.73. The molecule has 20 heavy (non-hydrogen) atoms. The first-order valence-electron chi connectivity index (χ1n) is 6.77. The van der Waals surface area contributed by atoms with Crippen molar-refractivity contribution in [2.45, 2.75) is 32.2 Å². The van der Waals surface area contributed by atoms with Crippen LogP contribution < -0.4 is 5.32 Å². The van der Waals surface area contributed by atoms with Gasteiger partial charge in [0.15, 0.2) is 0 Å². The number of aliphatic carboxylic acids is 1. The molecule has 0 spiro atoms. The van der Waals surface area contributed by atoms with Crippen molar-refractivity contribution < 1.29 is 19.4 Å². The normalized spacial score (nSPS) is 11.8. The summed E-state index contributed by atoms with van der Waals surface area (Å²) in [4.78, 5) is 22.8. The molecule has 0 saturated heterocycles. The highest BCUT2D eigenvalue weighted by molar-refractivity contribution is 5.83. The van der Waals surface area contributed by atoms with Gasteiger partial charge < -0.3 is 15.2 Å². The molecule has 5 nitrogen and oxygen atoms in total. The molecule has 1 atom stereocenters. The molecule has 1 aromatic carbocycles. The Balaban J connectivity index is 2.43. The number of ether oxygens (including phenoxy) is 1. The monoisotopic (exact) mass is 279 g/mol. The highest BCUT2D eigenvalue weighted by Crippen LogP contribution is 2.03. The van der Waals surface area contributed by atoms with E-state index < -0.39 is 12.0 Å². The van der Waals surface area contributed by atoms with Crippen LogP contribution in [0.15, 0.2) is 30.3 Å². The Hall–Kier alpha value is -1.88. The zero-order valence-electron chi connectivity index (χ0n) is 11.7. The van der Waals surface area contributed by atoms with Crippen LogP contribution in [0.1, 0.15) is 25.3 Å². The average Bonchev–Trinajstić information content (AvgIpc) is 2.44. The number of hydrogen-bond acceptors (Lipinski definition) is 3. The van der Waals surface area contributed by atoms with E-state index in [2.05, 4.69) is 5.32 Å². The van der Waals surface area contributed by atoms with Gasteiger partial charge in [0.25, 0.3) is 0 Å². The van der Waals surface area contributed by atoms with Crippen molar-refractivity contribution in [2.24, 2.45) is 0 Å². The number of nitrogens with one attached hydrogen (secondary N) is 1. The third-order valence-corrected chi connectivity index (χ3v) is 2.74. The maximum absolute atomic E-state index is 11.7. The topological polar surface area (TPSA) is 75.6 Å². The smallest absolute Gasteiger partial charge is 0.326 e. The van der Waals surface area contributed by atoms with Crippen LogP contribution in [0.25, 0.3) is 0 Å². The lowest BCUT2D eigenvalue weighted by Crippen LogP contribution is -2.42. The van der Waals surface area contributed by atoms with E-state index in [4.69, 9.17) is 9.84 Å². The first-order chi connectivity index (χ1) is 9.63. The van der Waals surface area contributed by atoms with Crippen LogP contribution in [0.5, 0.6) is 0 Å². The van der Waals surface area contributed by atoms with Crippen molar-refractivity contribution in [2.75, 3.05) is 13.2 Å². The first kappa shape index (κ1) is 16.2. The second-order valence-corrected chi connectivity index (χ2v) is 4.51. The molecule has 0 unspecified atom stereocenters. The van der Waals surface area contributed by atoms with E-state index in [9.17, 15) is 9.59 Å². The summed E-state index contributed by atoms with van der Waals surface area (Å²) in [5.74, 6) is -1.33. The summed E-state index contributed by atoms with van der Waals surface area (Å²) >= 11 is 0. The Kier molecular flexibility index (Phi) is 7.35. The van der Waals surface area contributed by atoms with Crippen LogP contribution in [0.3, 0.4) is 0 Å². The molecule has 0 bridgehead atoms. The molecule has 5 heteroatoms. The fourth-order valence-corrected chi connectivity index (χ4v) is 1.73. The minimum Gasteiger partial charge on any atom is -0.480 e. The van der Waals surface area contributed by atoms with Gasteiger partial charge in [-0.2, -0.15) is 0 Å². The molecule has 2 N–H and O–H groups in total. The second-order valence-electron chi connectivity index (χ2n) is 4.51. The maximum atomic E-state index is 11.7. The van der Waals surface area contributed by atoms with Crippen molar-refractivity contribution in [3.63, 3.8) is 0 Å². The van der Waals surface area contributed by atoms with Crippen LogP contribution >= 0.6 is 0 Å². The summed E-state index contributed by atoms with van der Waals surface area (Å²) in [6, 6.07) is 8.32. The fraction of sp³-hybridized carbons (Fsp3) is 0.467. The number of amides is 1. The van der Waals surface area contributed by atoms with Gasteiger partial charge in [0.2, 0.25) is 5.91 Å². The van der Waals surface area contributed by atoms with Crippen LogP contribution in [0.4, 0.5) is 0 Å². The van der Waals surface area contributed by atoms with Crippen molar-refractivity contribution in [1.82, 2.24) is 5.32 Å². The van der Waals surface area contributed by atoms with E-state index in [1.165, 1.54) is 0 Å². The number of rotatable bonds is 9. The van der Waals surface area contributed by atoms with Gasteiger partial charge in [-0.15, -0.1) is 0 Å². The number of hydrogen-bond donors (Lipinski definition) is 2. The van der Waals surface area contributed by atoms with Gasteiger partial charge >= 0.3 is 5.97 Å². The molecule has 1 amide bonds. The van der Waals surface area contributed by atoms with Crippen LogP contribution in [0, 0.1) is 0 Å². The molecule has 1 rings (SSSR count). The molecule has 1 aromatic rings. The van der Waals surface area contributed by atoms with E-state index in [1.807, 2.05) is 37.3 Å². The third kappa shape index (κ3) is 6.33. The zero-order chi connectivity index (χ0) is 14.8. The van der Waals surface area contributed by atoms with Gasteiger partial charge in [-0.25, -0.2) is 4.79 Å². The summed E-state index contributed by atoms with van der Waals surface area (Å²) in [6.45, 7) is 2.91. The number of carboxylic acids is 1. The minimum atomic E-state index is -1.03. The molecule has 0 fully saturated rings. The number of carbonyl (C=O) groups is 2. The van der Waals surface area contributed by atoms with Gasteiger partial charge in [0.05, 0.1) is 6.61 Å². The van der Waals surface area contributed by atoms with Crippen LogP contribution in [-0.4, -0.2) is 36.2 Å². The molecule has 0 aliphatic carbocycles. The van der Waals surface area contributed by atoms with Gasteiger partial charge in [-0.05, 0) is 12.0 Å². The summed E-state index contributed by atoms with van der Waals surface area (Å²) in [7, 11) is 0. The van der Waals surface area contributed by atoms with E-state index in [-0.39, 0.29) is 18.7 Å². The van der Waals surface area contributed by atoms with Crippen molar-refractivity contribution in [3.8, 4) is 0 Å². The molecule has 0 aliphatic rings. The van der Waals surface area contributed by atoms with E-state index in [1.54, 1.807) is 0 Å². The van der Waals surface area contributed by atoms with Gasteiger partial charge in [0.1, 0.15) is 6.04 Å². The van der Waals surface area contributed by atoms with Crippen molar-refractivity contribution in [1.29, 1.82) is 0 Å². The maximum Gasteiger partial charge on any atom is 0.326 e.